The number of rotatable bonds is 8. The third-order valence-corrected chi connectivity index (χ3v) is 7.36. The topological polar surface area (TPSA) is 94.3 Å². The molecule has 1 aromatic carbocycles. The molecule has 1 saturated carbocycles. The number of hydrogen-bond donors (Lipinski definition) is 1. The maximum atomic E-state index is 13.4. The van der Waals surface area contributed by atoms with Gasteiger partial charge < -0.3 is 0 Å². The Morgan fingerprint density at radius 2 is 1.86 bits per heavy atom. The first-order valence-corrected chi connectivity index (χ1v) is 12.8. The van der Waals surface area contributed by atoms with Crippen molar-refractivity contribution in [1.82, 2.24) is 34.7 Å². The summed E-state index contributed by atoms with van der Waals surface area (Å²) in [5.74, 6) is 1.13. The summed E-state index contributed by atoms with van der Waals surface area (Å²) in [6.07, 6.45) is 11.4. The highest BCUT2D eigenvalue weighted by molar-refractivity contribution is 6.30. The smallest absolute Gasteiger partial charge is 0.290 e. The van der Waals surface area contributed by atoms with Gasteiger partial charge in [0, 0.05) is 30.1 Å². The molecule has 3 aromatic heterocycles. The number of imidazole rings is 1. The Kier molecular flexibility index (Phi) is 7.08. The molecular formula is C26H30ClN7O. The van der Waals surface area contributed by atoms with Crippen LogP contribution in [0.15, 0.2) is 47.5 Å². The summed E-state index contributed by atoms with van der Waals surface area (Å²) in [5, 5.41) is 14.8. The van der Waals surface area contributed by atoms with Crippen LogP contribution in [-0.2, 0) is 19.5 Å². The molecule has 4 aromatic rings. The third-order valence-electron chi connectivity index (χ3n) is 6.94. The fourth-order valence-corrected chi connectivity index (χ4v) is 5.45. The lowest BCUT2D eigenvalue weighted by Gasteiger charge is -2.21. The molecule has 1 aliphatic carbocycles. The van der Waals surface area contributed by atoms with Crippen LogP contribution < -0.4 is 5.69 Å². The third kappa shape index (κ3) is 4.93. The fraction of sp³-hybridized carbons (Fsp3) is 0.423. The largest absolute Gasteiger partial charge is 0.329 e. The molecule has 0 atom stereocenters. The standard InChI is InChI=1S/C26H30ClN7O/c1-2-6-23-24(27)34(17-18-7-4-3-5-8-18)26(35)33(23)16-19-9-11-20(12-10-19)22-15-28-14-13-21(22)25-29-31-32-30-25/h9-15,18H,2-8,16-17H2,1H3,(H,29,30,31,32). The molecule has 1 aliphatic rings. The number of halogens is 1. The lowest BCUT2D eigenvalue weighted by molar-refractivity contribution is 0.315. The molecule has 0 unspecified atom stereocenters. The van der Waals surface area contributed by atoms with Gasteiger partial charge in [0.05, 0.1) is 12.2 Å². The van der Waals surface area contributed by atoms with Crippen LogP contribution in [0.2, 0.25) is 5.15 Å². The zero-order valence-electron chi connectivity index (χ0n) is 20.0. The Bertz CT molecular complexity index is 1320. The van der Waals surface area contributed by atoms with Gasteiger partial charge in [-0.05, 0) is 52.8 Å². The summed E-state index contributed by atoms with van der Waals surface area (Å²) in [7, 11) is 0. The van der Waals surface area contributed by atoms with Crippen LogP contribution >= 0.6 is 11.6 Å². The van der Waals surface area contributed by atoms with Crippen LogP contribution in [0.25, 0.3) is 22.5 Å². The second-order valence-corrected chi connectivity index (χ2v) is 9.70. The first-order chi connectivity index (χ1) is 17.2. The van der Waals surface area contributed by atoms with E-state index in [1.54, 1.807) is 6.20 Å². The molecule has 1 fully saturated rings. The van der Waals surface area contributed by atoms with Crippen molar-refractivity contribution in [2.24, 2.45) is 5.92 Å². The van der Waals surface area contributed by atoms with Gasteiger partial charge in [-0.3, -0.25) is 14.1 Å². The van der Waals surface area contributed by atoms with Crippen LogP contribution in [0.5, 0.6) is 0 Å². The van der Waals surface area contributed by atoms with E-state index in [0.29, 0.717) is 23.4 Å². The average molecular weight is 492 g/mol. The van der Waals surface area contributed by atoms with E-state index in [0.717, 1.165) is 47.3 Å². The molecule has 5 rings (SSSR count). The van der Waals surface area contributed by atoms with E-state index < -0.39 is 0 Å². The van der Waals surface area contributed by atoms with E-state index in [1.807, 2.05) is 33.5 Å². The van der Waals surface area contributed by atoms with Gasteiger partial charge in [-0.25, -0.2) is 9.89 Å². The average Bonchev–Trinajstić information content (AvgIpc) is 3.51. The molecular weight excluding hydrogens is 462 g/mol. The minimum atomic E-state index is 0.000431. The molecule has 9 heteroatoms. The van der Waals surface area contributed by atoms with E-state index in [-0.39, 0.29) is 5.69 Å². The number of benzene rings is 1. The van der Waals surface area contributed by atoms with Crippen LogP contribution in [0.3, 0.4) is 0 Å². The highest BCUT2D eigenvalue weighted by Gasteiger charge is 2.22. The second-order valence-electron chi connectivity index (χ2n) is 9.34. The molecule has 0 bridgehead atoms. The lowest BCUT2D eigenvalue weighted by Crippen LogP contribution is -2.28. The Hall–Kier alpha value is -3.26. The molecule has 0 saturated heterocycles. The molecule has 1 N–H and O–H groups in total. The lowest BCUT2D eigenvalue weighted by atomic mass is 9.89. The molecule has 8 nitrogen and oxygen atoms in total. The Balaban J connectivity index is 1.42. The highest BCUT2D eigenvalue weighted by Crippen LogP contribution is 2.30. The van der Waals surface area contributed by atoms with Crippen LogP contribution in [0.4, 0.5) is 0 Å². The summed E-state index contributed by atoms with van der Waals surface area (Å²) < 4.78 is 3.67. The summed E-state index contributed by atoms with van der Waals surface area (Å²) in [6.45, 7) is 3.34. The quantitative estimate of drug-likeness (QED) is 0.369. The van der Waals surface area contributed by atoms with Gasteiger partial charge >= 0.3 is 5.69 Å². The van der Waals surface area contributed by atoms with Gasteiger partial charge in [0.25, 0.3) is 0 Å². The van der Waals surface area contributed by atoms with Crippen molar-refractivity contribution in [2.45, 2.75) is 65.0 Å². The molecule has 35 heavy (non-hydrogen) atoms. The van der Waals surface area contributed by atoms with Gasteiger partial charge in [0.15, 0.2) is 5.82 Å². The number of hydrogen-bond acceptors (Lipinski definition) is 5. The van der Waals surface area contributed by atoms with Gasteiger partial charge in [-0.1, -0.05) is 68.5 Å². The molecule has 0 radical (unpaired) electrons. The van der Waals surface area contributed by atoms with Crippen molar-refractivity contribution in [1.29, 1.82) is 0 Å². The molecule has 182 valence electrons. The van der Waals surface area contributed by atoms with Crippen LogP contribution in [0, 0.1) is 5.92 Å². The van der Waals surface area contributed by atoms with E-state index >= 15 is 0 Å². The van der Waals surface area contributed by atoms with Crippen molar-refractivity contribution in [3.8, 4) is 22.5 Å². The number of H-pyrrole nitrogens is 1. The van der Waals surface area contributed by atoms with E-state index in [2.05, 4.69) is 44.7 Å². The highest BCUT2D eigenvalue weighted by atomic mass is 35.5. The van der Waals surface area contributed by atoms with Crippen molar-refractivity contribution >= 4 is 11.6 Å². The number of aromatic nitrogens is 7. The van der Waals surface area contributed by atoms with E-state index in [9.17, 15) is 4.79 Å². The number of tetrazole rings is 1. The minimum absolute atomic E-state index is 0.000431. The first-order valence-electron chi connectivity index (χ1n) is 12.4. The number of nitrogens with one attached hydrogen (secondary N) is 1. The summed E-state index contributed by atoms with van der Waals surface area (Å²) in [5.41, 5.74) is 4.80. The van der Waals surface area contributed by atoms with E-state index in [1.165, 1.54) is 32.1 Å². The number of nitrogens with zero attached hydrogens (tertiary/aromatic N) is 6. The maximum Gasteiger partial charge on any atom is 0.329 e. The number of aromatic amines is 1. The Labute approximate surface area is 209 Å². The van der Waals surface area contributed by atoms with Gasteiger partial charge in [-0.15, -0.1) is 5.10 Å². The van der Waals surface area contributed by atoms with E-state index in [4.69, 9.17) is 11.6 Å². The van der Waals surface area contributed by atoms with Crippen molar-refractivity contribution in [3.05, 3.63) is 69.6 Å². The first kappa shape index (κ1) is 23.5. The summed E-state index contributed by atoms with van der Waals surface area (Å²) >= 11 is 6.79. The van der Waals surface area contributed by atoms with Crippen molar-refractivity contribution < 1.29 is 0 Å². The fourth-order valence-electron chi connectivity index (χ4n) is 5.11. The SMILES string of the molecule is CCCc1c(Cl)n(CC2CCCCC2)c(=O)n1Cc1ccc(-c2cnccc2-c2nnn[nH]2)cc1. The molecule has 0 aliphatic heterocycles. The zero-order chi connectivity index (χ0) is 24.2. The van der Waals surface area contributed by atoms with Gasteiger partial charge in [0.2, 0.25) is 0 Å². The maximum absolute atomic E-state index is 13.4. The monoisotopic (exact) mass is 491 g/mol. The second kappa shape index (κ2) is 10.6. The Morgan fingerprint density at radius 1 is 1.06 bits per heavy atom. The molecule has 0 spiro atoms. The molecule has 3 heterocycles. The minimum Gasteiger partial charge on any atom is -0.290 e. The predicted octanol–water partition coefficient (Wildman–Crippen LogP) is 5.13. The van der Waals surface area contributed by atoms with Gasteiger partial charge in [-0.2, -0.15) is 0 Å². The normalized spacial score (nSPS) is 14.5. The van der Waals surface area contributed by atoms with Crippen LogP contribution in [-0.4, -0.2) is 34.7 Å². The molecule has 0 amide bonds. The summed E-state index contributed by atoms with van der Waals surface area (Å²) in [4.78, 5) is 17.7. The number of pyridine rings is 1. The Morgan fingerprint density at radius 3 is 2.57 bits per heavy atom. The van der Waals surface area contributed by atoms with Crippen molar-refractivity contribution in [3.63, 3.8) is 0 Å². The van der Waals surface area contributed by atoms with Crippen molar-refractivity contribution in [2.75, 3.05) is 0 Å². The zero-order valence-corrected chi connectivity index (χ0v) is 20.7. The predicted molar refractivity (Wildman–Crippen MR) is 136 cm³/mol. The van der Waals surface area contributed by atoms with Crippen LogP contribution in [0.1, 0.15) is 56.7 Å². The van der Waals surface area contributed by atoms with Gasteiger partial charge in [0.1, 0.15) is 5.15 Å². The summed E-state index contributed by atoms with van der Waals surface area (Å²) in [6, 6.07) is 10.1.